The fourth-order valence-corrected chi connectivity index (χ4v) is 6.74. The van der Waals surface area contributed by atoms with Gasteiger partial charge in [-0.15, -0.1) is 0 Å². The highest BCUT2D eigenvalue weighted by Crippen LogP contribution is 2.42. The molecule has 0 atom stereocenters. The average Bonchev–Trinajstić information content (AvgIpc) is 3.80. The van der Waals surface area contributed by atoms with Gasteiger partial charge in [0, 0.05) is 49.4 Å². The van der Waals surface area contributed by atoms with Crippen molar-refractivity contribution in [1.29, 1.82) is 0 Å². The molecule has 0 aliphatic carbocycles. The zero-order valence-electron chi connectivity index (χ0n) is 32.4. The number of hydrogen-bond acceptors (Lipinski definition) is 4. The molecule has 0 bridgehead atoms. The van der Waals surface area contributed by atoms with Crippen LogP contribution in [0.1, 0.15) is 8.22 Å². The van der Waals surface area contributed by atoms with Crippen LogP contribution in [0.3, 0.4) is 0 Å². The maximum Gasteiger partial charge on any atom is 0.164 e. The Morgan fingerprint density at radius 1 is 0.460 bits per heavy atom. The minimum absolute atomic E-state index is 0.0567. The van der Waals surface area contributed by atoms with Crippen LogP contribution in [-0.4, -0.2) is 19.5 Å². The van der Waals surface area contributed by atoms with Crippen molar-refractivity contribution in [2.45, 2.75) is 0 Å². The number of nitrogens with zero attached hydrogens (tertiary/aromatic N) is 4. The Labute approximate surface area is 296 Å². The number of aromatic nitrogens is 4. The van der Waals surface area contributed by atoms with Crippen LogP contribution in [0.15, 0.2) is 174 Å². The van der Waals surface area contributed by atoms with Gasteiger partial charge in [-0.3, -0.25) is 0 Å². The summed E-state index contributed by atoms with van der Waals surface area (Å²) < 4.78 is 61.8. The van der Waals surface area contributed by atoms with Gasteiger partial charge in [0.25, 0.3) is 0 Å². The summed E-state index contributed by atoms with van der Waals surface area (Å²) in [6, 6.07) is 40.6. The molecule has 0 aliphatic rings. The molecule has 3 heterocycles. The molecule has 0 amide bonds. The Balaban J connectivity index is 1.34. The molecule has 0 N–H and O–H groups in total. The van der Waals surface area contributed by atoms with E-state index in [1.54, 1.807) is 4.57 Å². The standard InChI is InChI=1S/C45H28N4O/c1-3-14-29(15-4-1)43-46-44(30-16-5-2-6-17-30)48-45(47-43)31-26-27-34(36-21-13-22-37-35-20-9-12-25-41(35)50-42(36)37)40(28-31)49-38-23-10-7-18-32(38)33-19-8-11-24-39(33)49/h1-28H/i7D,8D,18D,19D,23D,24D. The number of hydrogen-bond donors (Lipinski definition) is 0. The molecule has 5 heteroatoms. The van der Waals surface area contributed by atoms with E-state index in [2.05, 4.69) is 0 Å². The van der Waals surface area contributed by atoms with Gasteiger partial charge in [-0.2, -0.15) is 0 Å². The maximum atomic E-state index is 9.22. The summed E-state index contributed by atoms with van der Waals surface area (Å²) in [5, 5.41) is 2.20. The highest BCUT2D eigenvalue weighted by Gasteiger charge is 2.21. The minimum Gasteiger partial charge on any atom is -0.455 e. The minimum atomic E-state index is -0.187. The third kappa shape index (κ3) is 4.52. The van der Waals surface area contributed by atoms with Crippen LogP contribution in [0.4, 0.5) is 0 Å². The van der Waals surface area contributed by atoms with Crippen LogP contribution in [0.2, 0.25) is 0 Å². The lowest BCUT2D eigenvalue weighted by atomic mass is 9.98. The summed E-state index contributed by atoms with van der Waals surface area (Å²) in [6.07, 6.45) is 0. The van der Waals surface area contributed by atoms with Crippen LogP contribution >= 0.6 is 0 Å². The zero-order chi connectivity index (χ0) is 38.2. The normalized spacial score (nSPS) is 13.3. The van der Waals surface area contributed by atoms with Crippen LogP contribution in [0.5, 0.6) is 0 Å². The van der Waals surface area contributed by atoms with Crippen LogP contribution < -0.4 is 0 Å². The first-order valence-electron chi connectivity index (χ1n) is 19.2. The van der Waals surface area contributed by atoms with E-state index in [1.807, 2.05) is 121 Å². The van der Waals surface area contributed by atoms with Gasteiger partial charge in [0.1, 0.15) is 11.2 Å². The number of para-hydroxylation sites is 4. The number of rotatable bonds is 5. The second-order valence-electron chi connectivity index (χ2n) is 11.9. The van der Waals surface area contributed by atoms with Crippen LogP contribution in [0.25, 0.3) is 94.7 Å². The fraction of sp³-hybridized carbons (Fsp3) is 0. The van der Waals surface area contributed by atoms with E-state index in [1.165, 1.54) is 12.1 Å². The first-order chi connectivity index (χ1) is 27.3. The molecule has 10 aromatic rings. The van der Waals surface area contributed by atoms with Gasteiger partial charge >= 0.3 is 0 Å². The molecule has 10 rings (SSSR count). The second-order valence-corrected chi connectivity index (χ2v) is 11.9. The van der Waals surface area contributed by atoms with Crippen molar-refractivity contribution >= 4 is 43.7 Å². The summed E-state index contributed by atoms with van der Waals surface area (Å²) in [6.45, 7) is 0. The molecule has 7 aromatic carbocycles. The monoisotopic (exact) mass is 646 g/mol. The number of benzene rings is 7. The highest BCUT2D eigenvalue weighted by atomic mass is 16.3. The van der Waals surface area contributed by atoms with Gasteiger partial charge in [0.2, 0.25) is 0 Å². The lowest BCUT2D eigenvalue weighted by Crippen LogP contribution is -2.02. The Kier molecular flexibility index (Phi) is 5.17. The molecule has 5 nitrogen and oxygen atoms in total. The summed E-state index contributed by atoms with van der Waals surface area (Å²) in [4.78, 5) is 14.8. The van der Waals surface area contributed by atoms with Gasteiger partial charge in [0.05, 0.1) is 24.9 Å². The van der Waals surface area contributed by atoms with Crippen molar-refractivity contribution in [2.75, 3.05) is 0 Å². The van der Waals surface area contributed by atoms with Gasteiger partial charge < -0.3 is 8.98 Å². The van der Waals surface area contributed by atoms with E-state index in [0.29, 0.717) is 39.9 Å². The molecule has 3 aromatic heterocycles. The van der Waals surface area contributed by atoms with Gasteiger partial charge in [-0.05, 0) is 24.2 Å². The first kappa shape index (κ1) is 22.7. The van der Waals surface area contributed by atoms with E-state index in [4.69, 9.17) is 24.9 Å². The molecule has 0 fully saturated rings. The zero-order valence-corrected chi connectivity index (χ0v) is 26.4. The summed E-state index contributed by atoms with van der Waals surface area (Å²) >= 11 is 0. The van der Waals surface area contributed by atoms with Crippen molar-refractivity contribution in [3.63, 3.8) is 0 Å². The van der Waals surface area contributed by atoms with Gasteiger partial charge in [0.15, 0.2) is 17.5 Å². The molecule has 0 saturated heterocycles. The SMILES string of the molecule is [2H]c1cc([2H])c2c(c1[2H])c1c([2H])c([2H])cc([2H])c1n2-c1cc(-c2nc(-c3ccccc3)nc(-c3ccccc3)n2)ccc1-c1cccc2c1oc1ccccc12. The second kappa shape index (κ2) is 11.4. The van der Waals surface area contributed by atoms with Crippen molar-refractivity contribution in [3.8, 4) is 51.0 Å². The third-order valence-electron chi connectivity index (χ3n) is 9.02. The quantitative estimate of drug-likeness (QED) is 0.187. The topological polar surface area (TPSA) is 56.7 Å². The molecule has 0 aliphatic heterocycles. The molecular weight excluding hydrogens is 613 g/mol. The Hall–Kier alpha value is -6.85. The molecule has 0 spiro atoms. The third-order valence-corrected chi connectivity index (χ3v) is 9.02. The molecular formula is C45H28N4O. The number of furan rings is 1. The smallest absolute Gasteiger partial charge is 0.164 e. The van der Waals surface area contributed by atoms with E-state index in [9.17, 15) is 2.74 Å². The largest absolute Gasteiger partial charge is 0.455 e. The average molecular weight is 647 g/mol. The van der Waals surface area contributed by atoms with Crippen LogP contribution in [0, 0.1) is 0 Å². The summed E-state index contributed by atoms with van der Waals surface area (Å²) in [5.41, 5.74) is 6.01. The van der Waals surface area contributed by atoms with Crippen molar-refractivity contribution in [3.05, 3.63) is 170 Å². The Bertz CT molecular complexity index is 3090. The molecule has 0 saturated carbocycles. The molecule has 50 heavy (non-hydrogen) atoms. The van der Waals surface area contributed by atoms with E-state index in [-0.39, 0.29) is 58.1 Å². The molecule has 0 unspecified atom stereocenters. The first-order valence-corrected chi connectivity index (χ1v) is 16.2. The molecule has 0 radical (unpaired) electrons. The summed E-state index contributed by atoms with van der Waals surface area (Å²) in [7, 11) is 0. The lowest BCUT2D eigenvalue weighted by molar-refractivity contribution is 0.670. The van der Waals surface area contributed by atoms with Crippen LogP contribution in [-0.2, 0) is 0 Å². The number of fused-ring (bicyclic) bond motifs is 6. The fourth-order valence-electron chi connectivity index (χ4n) is 6.74. The Morgan fingerprint density at radius 3 is 1.70 bits per heavy atom. The van der Waals surface area contributed by atoms with E-state index in [0.717, 1.165) is 33.0 Å². The highest BCUT2D eigenvalue weighted by molar-refractivity contribution is 6.12. The van der Waals surface area contributed by atoms with Gasteiger partial charge in [-0.1, -0.05) is 145 Å². The maximum absolute atomic E-state index is 9.22. The van der Waals surface area contributed by atoms with E-state index < -0.39 is 0 Å². The van der Waals surface area contributed by atoms with Crippen molar-refractivity contribution in [2.24, 2.45) is 0 Å². The predicted octanol–water partition coefficient (Wildman–Crippen LogP) is 11.5. The summed E-state index contributed by atoms with van der Waals surface area (Å²) in [5.74, 6) is 1.35. The predicted molar refractivity (Wildman–Crippen MR) is 203 cm³/mol. The van der Waals surface area contributed by atoms with Gasteiger partial charge in [-0.25, -0.2) is 15.0 Å². The van der Waals surface area contributed by atoms with Crippen molar-refractivity contribution < 1.29 is 12.6 Å². The lowest BCUT2D eigenvalue weighted by Gasteiger charge is -2.16. The molecule has 234 valence electrons. The van der Waals surface area contributed by atoms with E-state index >= 15 is 0 Å². The van der Waals surface area contributed by atoms with Crippen molar-refractivity contribution in [1.82, 2.24) is 19.5 Å². The Morgan fingerprint density at radius 2 is 1.04 bits per heavy atom.